The number of nitrogens with one attached hydrogen (secondary N) is 1. The molecular formula is C12H23NO. The van der Waals surface area contributed by atoms with Crippen LogP contribution in [0.4, 0.5) is 0 Å². The van der Waals surface area contributed by atoms with E-state index in [-0.39, 0.29) is 0 Å². The zero-order valence-electron chi connectivity index (χ0n) is 9.46. The molecule has 1 aliphatic carbocycles. The van der Waals surface area contributed by atoms with Gasteiger partial charge in [0.1, 0.15) is 0 Å². The molecule has 0 aromatic heterocycles. The van der Waals surface area contributed by atoms with Gasteiger partial charge in [0.25, 0.3) is 0 Å². The zero-order chi connectivity index (χ0) is 9.97. The van der Waals surface area contributed by atoms with Gasteiger partial charge in [-0.05, 0) is 37.5 Å². The first-order valence-electron chi connectivity index (χ1n) is 6.09. The largest absolute Gasteiger partial charge is 0.377 e. The van der Waals surface area contributed by atoms with Gasteiger partial charge in [0, 0.05) is 19.2 Å². The molecule has 2 fully saturated rings. The van der Waals surface area contributed by atoms with Gasteiger partial charge < -0.3 is 10.1 Å². The fourth-order valence-electron chi connectivity index (χ4n) is 2.21. The smallest absolute Gasteiger partial charge is 0.0714 e. The molecule has 0 bridgehead atoms. The summed E-state index contributed by atoms with van der Waals surface area (Å²) < 4.78 is 5.88. The van der Waals surface area contributed by atoms with Crippen molar-refractivity contribution in [2.24, 2.45) is 11.8 Å². The Kier molecular flexibility index (Phi) is 3.45. The lowest BCUT2D eigenvalue weighted by atomic mass is 10.0. The van der Waals surface area contributed by atoms with E-state index in [2.05, 4.69) is 19.2 Å². The van der Waals surface area contributed by atoms with Crippen molar-refractivity contribution in [1.29, 1.82) is 0 Å². The van der Waals surface area contributed by atoms with Gasteiger partial charge in [-0.15, -0.1) is 0 Å². The summed E-state index contributed by atoms with van der Waals surface area (Å²) in [6.07, 6.45) is 5.82. The third-order valence-electron chi connectivity index (χ3n) is 3.20. The molecule has 2 aliphatic rings. The van der Waals surface area contributed by atoms with Crippen molar-refractivity contribution in [2.75, 3.05) is 13.2 Å². The SMILES string of the molecule is CC(C)C[C@@H]1C[C@@H](OCC2CC2)CN1. The Morgan fingerprint density at radius 1 is 1.36 bits per heavy atom. The molecule has 2 atom stereocenters. The van der Waals surface area contributed by atoms with E-state index < -0.39 is 0 Å². The minimum atomic E-state index is 0.499. The molecule has 0 spiro atoms. The molecule has 0 unspecified atom stereocenters. The molecule has 1 saturated carbocycles. The second kappa shape index (κ2) is 4.63. The summed E-state index contributed by atoms with van der Waals surface area (Å²) in [6.45, 7) is 6.67. The molecule has 2 nitrogen and oxygen atoms in total. The Labute approximate surface area is 87.4 Å². The predicted octanol–water partition coefficient (Wildman–Crippen LogP) is 2.19. The van der Waals surface area contributed by atoms with Crippen LogP contribution in [0.2, 0.25) is 0 Å². The average Bonchev–Trinajstić information content (AvgIpc) is 2.84. The summed E-state index contributed by atoms with van der Waals surface area (Å²) in [7, 11) is 0. The average molecular weight is 197 g/mol. The van der Waals surface area contributed by atoms with Crippen LogP contribution in [0.3, 0.4) is 0 Å². The molecule has 82 valence electrons. The molecule has 1 saturated heterocycles. The van der Waals surface area contributed by atoms with E-state index in [4.69, 9.17) is 4.74 Å². The van der Waals surface area contributed by atoms with E-state index in [0.717, 1.165) is 25.0 Å². The van der Waals surface area contributed by atoms with Crippen molar-refractivity contribution in [3.63, 3.8) is 0 Å². The third-order valence-corrected chi connectivity index (χ3v) is 3.20. The van der Waals surface area contributed by atoms with Crippen LogP contribution in [0.5, 0.6) is 0 Å². The Bertz CT molecular complexity index is 177. The normalized spacial score (nSPS) is 32.8. The van der Waals surface area contributed by atoms with Crippen molar-refractivity contribution in [1.82, 2.24) is 5.32 Å². The molecular weight excluding hydrogens is 174 g/mol. The molecule has 0 amide bonds. The van der Waals surface area contributed by atoms with Gasteiger partial charge in [-0.1, -0.05) is 13.8 Å². The molecule has 1 heterocycles. The van der Waals surface area contributed by atoms with Crippen molar-refractivity contribution < 1.29 is 4.74 Å². The van der Waals surface area contributed by atoms with Gasteiger partial charge in [0.2, 0.25) is 0 Å². The molecule has 14 heavy (non-hydrogen) atoms. The Hall–Kier alpha value is -0.0800. The van der Waals surface area contributed by atoms with E-state index in [1.54, 1.807) is 0 Å². The highest BCUT2D eigenvalue weighted by atomic mass is 16.5. The standard InChI is InChI=1S/C12H23NO/c1-9(2)5-11-6-12(7-13-11)14-8-10-3-4-10/h9-13H,3-8H2,1-2H3/t11-,12-/m1/s1. The van der Waals surface area contributed by atoms with Crippen LogP contribution in [0.25, 0.3) is 0 Å². The van der Waals surface area contributed by atoms with Crippen molar-refractivity contribution in [3.8, 4) is 0 Å². The lowest BCUT2D eigenvalue weighted by molar-refractivity contribution is 0.0574. The van der Waals surface area contributed by atoms with Gasteiger partial charge in [0.15, 0.2) is 0 Å². The second-order valence-corrected chi connectivity index (χ2v) is 5.37. The van der Waals surface area contributed by atoms with E-state index in [0.29, 0.717) is 12.1 Å². The van der Waals surface area contributed by atoms with Crippen LogP contribution in [0, 0.1) is 11.8 Å². The van der Waals surface area contributed by atoms with Gasteiger partial charge in [0.05, 0.1) is 6.10 Å². The van der Waals surface area contributed by atoms with Crippen molar-refractivity contribution >= 4 is 0 Å². The second-order valence-electron chi connectivity index (χ2n) is 5.37. The van der Waals surface area contributed by atoms with Gasteiger partial charge in [-0.25, -0.2) is 0 Å². The minimum absolute atomic E-state index is 0.499. The van der Waals surface area contributed by atoms with Crippen molar-refractivity contribution in [2.45, 2.75) is 51.7 Å². The predicted molar refractivity (Wildman–Crippen MR) is 58.3 cm³/mol. The van der Waals surface area contributed by atoms with Crippen molar-refractivity contribution in [3.05, 3.63) is 0 Å². The lowest BCUT2D eigenvalue weighted by Gasteiger charge is -2.13. The Morgan fingerprint density at radius 3 is 2.79 bits per heavy atom. The molecule has 1 aliphatic heterocycles. The van der Waals surface area contributed by atoms with Gasteiger partial charge in [-0.3, -0.25) is 0 Å². The fraction of sp³-hybridized carbons (Fsp3) is 1.00. The molecule has 2 rings (SSSR count). The first kappa shape index (κ1) is 10.4. The first-order valence-corrected chi connectivity index (χ1v) is 6.09. The number of rotatable bonds is 5. The summed E-state index contributed by atoms with van der Waals surface area (Å²) in [5, 5.41) is 3.56. The third kappa shape index (κ3) is 3.25. The summed E-state index contributed by atoms with van der Waals surface area (Å²) in [5.74, 6) is 1.70. The highest BCUT2D eigenvalue weighted by Gasteiger charge is 2.28. The maximum absolute atomic E-state index is 5.88. The summed E-state index contributed by atoms with van der Waals surface area (Å²) in [5.41, 5.74) is 0. The topological polar surface area (TPSA) is 21.3 Å². The molecule has 1 N–H and O–H groups in total. The van der Waals surface area contributed by atoms with E-state index in [1.807, 2.05) is 0 Å². The monoisotopic (exact) mass is 197 g/mol. The fourth-order valence-corrected chi connectivity index (χ4v) is 2.21. The molecule has 0 radical (unpaired) electrons. The number of hydrogen-bond acceptors (Lipinski definition) is 2. The Balaban J connectivity index is 1.60. The van der Waals surface area contributed by atoms with Crippen LogP contribution >= 0.6 is 0 Å². The van der Waals surface area contributed by atoms with Crippen LogP contribution in [-0.2, 0) is 4.74 Å². The Morgan fingerprint density at radius 2 is 2.14 bits per heavy atom. The molecule has 2 heteroatoms. The highest BCUT2D eigenvalue weighted by molar-refractivity contribution is 4.83. The maximum Gasteiger partial charge on any atom is 0.0714 e. The van der Waals surface area contributed by atoms with Gasteiger partial charge in [-0.2, -0.15) is 0 Å². The first-order chi connectivity index (χ1) is 6.74. The minimum Gasteiger partial charge on any atom is -0.377 e. The summed E-state index contributed by atoms with van der Waals surface area (Å²) in [4.78, 5) is 0. The molecule has 0 aromatic carbocycles. The van der Waals surface area contributed by atoms with Gasteiger partial charge >= 0.3 is 0 Å². The summed E-state index contributed by atoms with van der Waals surface area (Å²) >= 11 is 0. The van der Waals surface area contributed by atoms with E-state index in [1.165, 1.54) is 25.7 Å². The van der Waals surface area contributed by atoms with Crippen LogP contribution in [0.1, 0.15) is 39.5 Å². The van der Waals surface area contributed by atoms with E-state index >= 15 is 0 Å². The lowest BCUT2D eigenvalue weighted by Crippen LogP contribution is -2.23. The highest BCUT2D eigenvalue weighted by Crippen LogP contribution is 2.30. The maximum atomic E-state index is 5.88. The molecule has 0 aromatic rings. The zero-order valence-corrected chi connectivity index (χ0v) is 9.46. The van der Waals surface area contributed by atoms with Crippen LogP contribution in [-0.4, -0.2) is 25.3 Å². The van der Waals surface area contributed by atoms with Crippen LogP contribution in [0.15, 0.2) is 0 Å². The number of hydrogen-bond donors (Lipinski definition) is 1. The number of ether oxygens (including phenoxy) is 1. The summed E-state index contributed by atoms with van der Waals surface area (Å²) in [6, 6.07) is 0.708. The van der Waals surface area contributed by atoms with Crippen LogP contribution < -0.4 is 5.32 Å². The van der Waals surface area contributed by atoms with E-state index in [9.17, 15) is 0 Å². The quantitative estimate of drug-likeness (QED) is 0.729.